The summed E-state index contributed by atoms with van der Waals surface area (Å²) >= 11 is 1.48. The largest absolute Gasteiger partial charge is 0.497 e. The number of methoxy groups -OCH3 is 1. The van der Waals surface area contributed by atoms with Crippen LogP contribution in [0.4, 0.5) is 5.00 Å². The number of nitrogens with zero attached hydrogens (tertiary/aromatic N) is 3. The molecule has 1 aromatic heterocycles. The topological polar surface area (TPSA) is 86.3 Å². The second-order valence-electron chi connectivity index (χ2n) is 10.3. The Bertz CT molecular complexity index is 1340. The third-order valence-corrected chi connectivity index (χ3v) is 8.69. The maximum atomic E-state index is 13.4. The number of likely N-dealkylation sites (tertiary alicyclic amines) is 1. The maximum Gasteiger partial charge on any atom is 0.274 e. The van der Waals surface area contributed by atoms with Crippen molar-refractivity contribution in [3.8, 4) is 5.75 Å². The molecule has 1 saturated heterocycles. The minimum absolute atomic E-state index is 0.229. The number of rotatable bonds is 12. The monoisotopic (exact) mass is 575 g/mol. The van der Waals surface area contributed by atoms with E-state index in [1.54, 1.807) is 13.3 Å². The molecular formula is C32H41N5O3S. The molecule has 1 fully saturated rings. The lowest BCUT2D eigenvalue weighted by Crippen LogP contribution is -2.29. The zero-order chi connectivity index (χ0) is 29.2. The molecule has 41 heavy (non-hydrogen) atoms. The van der Waals surface area contributed by atoms with Crippen molar-refractivity contribution in [3.63, 3.8) is 0 Å². The van der Waals surface area contributed by atoms with Crippen LogP contribution >= 0.6 is 11.3 Å². The van der Waals surface area contributed by atoms with E-state index < -0.39 is 0 Å². The molecule has 218 valence electrons. The van der Waals surface area contributed by atoms with E-state index in [1.807, 2.05) is 55.5 Å². The van der Waals surface area contributed by atoms with Gasteiger partial charge in [-0.1, -0.05) is 32.4 Å². The molecule has 3 aromatic rings. The first-order valence-electron chi connectivity index (χ1n) is 14.4. The molecule has 0 aliphatic carbocycles. The molecule has 0 saturated carbocycles. The number of carbonyl (C=O) groups excluding carboxylic acids is 2. The summed E-state index contributed by atoms with van der Waals surface area (Å²) in [5.74, 6) is 0.173. The van der Waals surface area contributed by atoms with Gasteiger partial charge in [0.1, 0.15) is 10.8 Å². The molecule has 0 unspecified atom stereocenters. The van der Waals surface area contributed by atoms with Crippen LogP contribution in [0.5, 0.6) is 5.75 Å². The predicted molar refractivity (Wildman–Crippen MR) is 167 cm³/mol. The Balaban J connectivity index is 1.55. The van der Waals surface area contributed by atoms with Gasteiger partial charge in [0, 0.05) is 23.5 Å². The lowest BCUT2D eigenvalue weighted by molar-refractivity contribution is 0.0955. The number of thiophene rings is 1. The minimum Gasteiger partial charge on any atom is -0.497 e. The number of carbonyl (C=O) groups is 2. The normalized spacial score (nSPS) is 14.0. The van der Waals surface area contributed by atoms with Gasteiger partial charge < -0.3 is 10.1 Å². The third-order valence-electron chi connectivity index (χ3n) is 7.50. The van der Waals surface area contributed by atoms with Crippen molar-refractivity contribution in [2.45, 2.75) is 53.1 Å². The fourth-order valence-corrected chi connectivity index (χ4v) is 6.24. The SMILES string of the molecule is CCN(CC)Cc1cccc(C(=O)Nc2sc(CN3CCCCC3)c(C)c2C(=O)NN=Cc2ccc(OC)cc2)c1. The Labute approximate surface area is 247 Å². The van der Waals surface area contributed by atoms with Crippen LogP contribution in [0.3, 0.4) is 0 Å². The summed E-state index contributed by atoms with van der Waals surface area (Å²) in [6.45, 7) is 11.8. The van der Waals surface area contributed by atoms with Crippen LogP contribution in [0.15, 0.2) is 53.6 Å². The second-order valence-corrected chi connectivity index (χ2v) is 11.4. The van der Waals surface area contributed by atoms with E-state index in [0.29, 0.717) is 16.1 Å². The van der Waals surface area contributed by atoms with Gasteiger partial charge in [-0.2, -0.15) is 5.10 Å². The third kappa shape index (κ3) is 8.25. The van der Waals surface area contributed by atoms with Crippen LogP contribution < -0.4 is 15.5 Å². The Kier molecular flexibility index (Phi) is 11.1. The predicted octanol–water partition coefficient (Wildman–Crippen LogP) is 5.91. The first-order chi connectivity index (χ1) is 19.9. The maximum absolute atomic E-state index is 13.4. The van der Waals surface area contributed by atoms with Crippen molar-refractivity contribution in [1.29, 1.82) is 0 Å². The fourth-order valence-electron chi connectivity index (χ4n) is 5.00. The Morgan fingerprint density at radius 1 is 1.05 bits per heavy atom. The number of amides is 2. The average molecular weight is 576 g/mol. The van der Waals surface area contributed by atoms with E-state index >= 15 is 0 Å². The highest BCUT2D eigenvalue weighted by Gasteiger charge is 2.24. The lowest BCUT2D eigenvalue weighted by atomic mass is 10.1. The highest BCUT2D eigenvalue weighted by molar-refractivity contribution is 7.17. The number of piperidine rings is 1. The van der Waals surface area contributed by atoms with Crippen molar-refractivity contribution < 1.29 is 14.3 Å². The Hall–Kier alpha value is -3.53. The number of hydrazone groups is 1. The molecule has 0 radical (unpaired) electrons. The molecule has 2 aromatic carbocycles. The number of hydrogen-bond donors (Lipinski definition) is 2. The molecule has 2 heterocycles. The number of anilines is 1. The zero-order valence-corrected chi connectivity index (χ0v) is 25.4. The van der Waals surface area contributed by atoms with E-state index in [1.165, 1.54) is 30.6 Å². The summed E-state index contributed by atoms with van der Waals surface area (Å²) in [7, 11) is 1.62. The summed E-state index contributed by atoms with van der Waals surface area (Å²) in [4.78, 5) is 32.7. The molecule has 1 aliphatic heterocycles. The van der Waals surface area contributed by atoms with E-state index in [4.69, 9.17) is 4.74 Å². The van der Waals surface area contributed by atoms with E-state index in [9.17, 15) is 9.59 Å². The van der Waals surface area contributed by atoms with E-state index in [-0.39, 0.29) is 11.8 Å². The van der Waals surface area contributed by atoms with Crippen molar-refractivity contribution in [3.05, 3.63) is 81.2 Å². The standard InChI is InChI=1S/C32H41N5O3S/c1-5-36(6-2)21-25-11-10-12-26(19-25)30(38)34-32-29(23(3)28(41-32)22-37-17-8-7-9-18-37)31(39)35-33-20-24-13-15-27(40-4)16-14-24/h10-16,19-20H,5-9,17-18,21-22H2,1-4H3,(H,34,38)(H,35,39). The molecule has 2 amide bonds. The van der Waals surface area contributed by atoms with E-state index in [2.05, 4.69) is 39.5 Å². The van der Waals surface area contributed by atoms with Gasteiger partial charge in [-0.15, -0.1) is 11.3 Å². The zero-order valence-electron chi connectivity index (χ0n) is 24.5. The molecule has 0 spiro atoms. The summed E-state index contributed by atoms with van der Waals surface area (Å²) in [5.41, 5.74) is 6.49. The molecule has 1 aliphatic rings. The number of hydrogen-bond acceptors (Lipinski definition) is 7. The quantitative estimate of drug-likeness (QED) is 0.207. The number of ether oxygens (including phenoxy) is 1. The Morgan fingerprint density at radius 3 is 2.46 bits per heavy atom. The van der Waals surface area contributed by atoms with Gasteiger partial charge in [-0.25, -0.2) is 5.43 Å². The van der Waals surface area contributed by atoms with Gasteiger partial charge >= 0.3 is 0 Å². The Morgan fingerprint density at radius 2 is 1.78 bits per heavy atom. The molecule has 2 N–H and O–H groups in total. The summed E-state index contributed by atoms with van der Waals surface area (Å²) < 4.78 is 5.20. The molecule has 9 heteroatoms. The van der Waals surface area contributed by atoms with Crippen molar-refractivity contribution in [2.75, 3.05) is 38.6 Å². The molecular weight excluding hydrogens is 534 g/mol. The van der Waals surface area contributed by atoms with Crippen LogP contribution in [0, 0.1) is 6.92 Å². The summed E-state index contributed by atoms with van der Waals surface area (Å²) in [6.07, 6.45) is 5.22. The molecule has 0 bridgehead atoms. The fraction of sp³-hybridized carbons (Fsp3) is 0.406. The first kappa shape index (κ1) is 30.4. The lowest BCUT2D eigenvalue weighted by Gasteiger charge is -2.26. The number of benzene rings is 2. The van der Waals surface area contributed by atoms with Gasteiger partial charge in [-0.3, -0.25) is 19.4 Å². The summed E-state index contributed by atoms with van der Waals surface area (Å²) in [5, 5.41) is 7.79. The second kappa shape index (κ2) is 14.9. The summed E-state index contributed by atoms with van der Waals surface area (Å²) in [6, 6.07) is 15.1. The van der Waals surface area contributed by atoms with Crippen LogP contribution in [0.25, 0.3) is 0 Å². The molecule has 8 nitrogen and oxygen atoms in total. The van der Waals surface area contributed by atoms with Crippen molar-refractivity contribution in [2.24, 2.45) is 5.10 Å². The van der Waals surface area contributed by atoms with Crippen molar-refractivity contribution >= 4 is 34.4 Å². The average Bonchev–Trinajstić information content (AvgIpc) is 3.30. The highest BCUT2D eigenvalue weighted by atomic mass is 32.1. The van der Waals surface area contributed by atoms with E-state index in [0.717, 1.165) is 66.6 Å². The van der Waals surface area contributed by atoms with Gasteiger partial charge in [-0.05, 0) is 99.0 Å². The van der Waals surface area contributed by atoms with Gasteiger partial charge in [0.05, 0.1) is 18.9 Å². The molecule has 4 rings (SSSR count). The minimum atomic E-state index is -0.348. The van der Waals surface area contributed by atoms with Crippen LogP contribution in [-0.2, 0) is 13.1 Å². The van der Waals surface area contributed by atoms with Crippen LogP contribution in [0.2, 0.25) is 0 Å². The van der Waals surface area contributed by atoms with Crippen molar-refractivity contribution in [1.82, 2.24) is 15.2 Å². The number of nitrogens with one attached hydrogen (secondary N) is 2. The smallest absolute Gasteiger partial charge is 0.274 e. The first-order valence-corrected chi connectivity index (χ1v) is 15.2. The van der Waals surface area contributed by atoms with Gasteiger partial charge in [0.15, 0.2) is 0 Å². The van der Waals surface area contributed by atoms with Crippen LogP contribution in [-0.4, -0.2) is 61.1 Å². The van der Waals surface area contributed by atoms with Crippen LogP contribution in [0.1, 0.15) is 75.4 Å². The van der Waals surface area contributed by atoms with Gasteiger partial charge in [0.25, 0.3) is 11.8 Å². The highest BCUT2D eigenvalue weighted by Crippen LogP contribution is 2.35. The van der Waals surface area contributed by atoms with Gasteiger partial charge in [0.2, 0.25) is 0 Å². The molecule has 0 atom stereocenters.